The third kappa shape index (κ3) is 5.56. The molecule has 0 aliphatic carbocycles. The molecule has 2 heterocycles. The largest absolute Gasteiger partial charge is 0.486 e. The van der Waals surface area contributed by atoms with Crippen LogP contribution in [0.2, 0.25) is 5.02 Å². The number of hydrogen-bond donors (Lipinski definition) is 1. The van der Waals surface area contributed by atoms with Crippen molar-refractivity contribution >= 4 is 23.5 Å². The highest BCUT2D eigenvalue weighted by atomic mass is 35.5. The number of amides is 1. The maximum atomic E-state index is 12.5. The second-order valence-electron chi connectivity index (χ2n) is 7.62. The van der Waals surface area contributed by atoms with Gasteiger partial charge < -0.3 is 9.15 Å². The smallest absolute Gasteiger partial charge is 0.293 e. The van der Waals surface area contributed by atoms with Crippen LogP contribution in [0.15, 0.2) is 71.4 Å². The molecule has 0 bridgehead atoms. The molecule has 4 rings (SSSR count). The number of rotatable bonds is 8. The first kappa shape index (κ1) is 21.6. The zero-order valence-corrected chi connectivity index (χ0v) is 18.5. The standard InChI is InChI=1S/C24H23ClN4O3/c1-16(2)18-5-9-20(10-6-18)31-14-21-11-12-22(32-21)23(30)27-24-26-15-29(28-24)13-17-3-7-19(25)8-4-17/h3-12,15-16H,13-14H2,1-2H3,(H,27,28,30). The Balaban J connectivity index is 1.31. The quantitative estimate of drug-likeness (QED) is 0.381. The zero-order chi connectivity index (χ0) is 22.5. The fourth-order valence-electron chi connectivity index (χ4n) is 3.05. The van der Waals surface area contributed by atoms with Crippen LogP contribution < -0.4 is 10.1 Å². The summed E-state index contributed by atoms with van der Waals surface area (Å²) in [6.45, 7) is 5.03. The fourth-order valence-corrected chi connectivity index (χ4v) is 3.18. The van der Waals surface area contributed by atoms with Gasteiger partial charge in [0.15, 0.2) is 5.76 Å². The van der Waals surface area contributed by atoms with Crippen molar-refractivity contribution in [1.82, 2.24) is 14.8 Å². The van der Waals surface area contributed by atoms with Crippen LogP contribution in [0.4, 0.5) is 5.95 Å². The van der Waals surface area contributed by atoms with Crippen LogP contribution in [-0.4, -0.2) is 20.7 Å². The number of carbonyl (C=O) groups excluding carboxylic acids is 1. The molecule has 4 aromatic rings. The average Bonchev–Trinajstić information content (AvgIpc) is 3.44. The van der Waals surface area contributed by atoms with Gasteiger partial charge in [-0.15, -0.1) is 5.10 Å². The normalized spacial score (nSPS) is 11.0. The molecule has 0 aliphatic heterocycles. The first-order chi connectivity index (χ1) is 15.5. The third-order valence-corrected chi connectivity index (χ3v) is 5.08. The monoisotopic (exact) mass is 450 g/mol. The number of aromatic nitrogens is 3. The van der Waals surface area contributed by atoms with E-state index in [0.717, 1.165) is 11.3 Å². The summed E-state index contributed by atoms with van der Waals surface area (Å²) in [6.07, 6.45) is 1.55. The minimum absolute atomic E-state index is 0.160. The van der Waals surface area contributed by atoms with Gasteiger partial charge in [0.1, 0.15) is 24.4 Å². The molecule has 164 valence electrons. The van der Waals surface area contributed by atoms with Crippen molar-refractivity contribution in [3.63, 3.8) is 0 Å². The lowest BCUT2D eigenvalue weighted by atomic mass is 10.0. The van der Waals surface area contributed by atoms with E-state index in [9.17, 15) is 4.79 Å². The van der Waals surface area contributed by atoms with E-state index >= 15 is 0 Å². The van der Waals surface area contributed by atoms with E-state index in [1.54, 1.807) is 23.1 Å². The Morgan fingerprint density at radius 3 is 2.56 bits per heavy atom. The van der Waals surface area contributed by atoms with Gasteiger partial charge in [-0.25, -0.2) is 9.67 Å². The molecule has 0 spiro atoms. The maximum absolute atomic E-state index is 12.5. The average molecular weight is 451 g/mol. The number of furan rings is 1. The molecule has 0 unspecified atom stereocenters. The summed E-state index contributed by atoms with van der Waals surface area (Å²) >= 11 is 5.90. The molecule has 0 fully saturated rings. The number of anilines is 1. The fraction of sp³-hybridized carbons (Fsp3) is 0.208. The number of hydrogen-bond acceptors (Lipinski definition) is 5. The first-order valence-electron chi connectivity index (χ1n) is 10.2. The SMILES string of the molecule is CC(C)c1ccc(OCc2ccc(C(=O)Nc3ncn(Cc4ccc(Cl)cc4)n3)o2)cc1. The van der Waals surface area contributed by atoms with Crippen LogP contribution in [-0.2, 0) is 13.2 Å². The van der Waals surface area contributed by atoms with Crippen LogP contribution in [0, 0.1) is 0 Å². The minimum atomic E-state index is -0.429. The Labute approximate surface area is 191 Å². The van der Waals surface area contributed by atoms with Gasteiger partial charge in [-0.2, -0.15) is 0 Å². The van der Waals surface area contributed by atoms with Gasteiger partial charge in [0.2, 0.25) is 5.95 Å². The number of halogens is 1. The second kappa shape index (κ2) is 9.70. The van der Waals surface area contributed by atoms with E-state index in [0.29, 0.717) is 23.2 Å². The summed E-state index contributed by atoms with van der Waals surface area (Å²) in [4.78, 5) is 16.6. The van der Waals surface area contributed by atoms with Gasteiger partial charge in [0.05, 0.1) is 6.54 Å². The molecule has 32 heavy (non-hydrogen) atoms. The second-order valence-corrected chi connectivity index (χ2v) is 8.06. The number of ether oxygens (including phenoxy) is 1. The van der Waals surface area contributed by atoms with Crippen molar-refractivity contribution in [2.45, 2.75) is 32.9 Å². The first-order valence-corrected chi connectivity index (χ1v) is 10.6. The number of carbonyl (C=O) groups is 1. The number of nitrogens with zero attached hydrogens (tertiary/aromatic N) is 3. The van der Waals surface area contributed by atoms with Gasteiger partial charge in [-0.1, -0.05) is 49.7 Å². The summed E-state index contributed by atoms with van der Waals surface area (Å²) < 4.78 is 13.0. The molecule has 0 saturated heterocycles. The predicted molar refractivity (Wildman–Crippen MR) is 122 cm³/mol. The van der Waals surface area contributed by atoms with Crippen molar-refractivity contribution in [3.05, 3.63) is 94.7 Å². The van der Waals surface area contributed by atoms with Gasteiger partial charge in [-0.3, -0.25) is 10.1 Å². The van der Waals surface area contributed by atoms with Gasteiger partial charge in [0, 0.05) is 5.02 Å². The molecule has 2 aromatic heterocycles. The van der Waals surface area contributed by atoms with Crippen molar-refractivity contribution < 1.29 is 13.9 Å². The lowest BCUT2D eigenvalue weighted by Gasteiger charge is -2.07. The lowest BCUT2D eigenvalue weighted by molar-refractivity contribution is 0.0991. The zero-order valence-electron chi connectivity index (χ0n) is 17.8. The van der Waals surface area contributed by atoms with Crippen LogP contribution in [0.25, 0.3) is 0 Å². The summed E-state index contributed by atoms with van der Waals surface area (Å²) in [5.74, 6) is 1.68. The summed E-state index contributed by atoms with van der Waals surface area (Å²) in [5, 5.41) is 7.58. The van der Waals surface area contributed by atoms with Crippen molar-refractivity contribution in [1.29, 1.82) is 0 Å². The van der Waals surface area contributed by atoms with E-state index in [-0.39, 0.29) is 18.3 Å². The summed E-state index contributed by atoms with van der Waals surface area (Å²) in [7, 11) is 0. The molecule has 0 radical (unpaired) electrons. The predicted octanol–water partition coefficient (Wildman–Crippen LogP) is 5.53. The van der Waals surface area contributed by atoms with Gasteiger partial charge in [0.25, 0.3) is 5.91 Å². The molecular weight excluding hydrogens is 428 g/mol. The molecular formula is C24H23ClN4O3. The highest BCUT2D eigenvalue weighted by Gasteiger charge is 2.14. The van der Waals surface area contributed by atoms with Gasteiger partial charge >= 0.3 is 0 Å². The molecule has 0 atom stereocenters. The summed E-state index contributed by atoms with van der Waals surface area (Å²) in [5.41, 5.74) is 2.27. The van der Waals surface area contributed by atoms with E-state index < -0.39 is 5.91 Å². The van der Waals surface area contributed by atoms with Crippen molar-refractivity contribution in [3.8, 4) is 5.75 Å². The Morgan fingerprint density at radius 1 is 1.09 bits per heavy atom. The Morgan fingerprint density at radius 2 is 1.84 bits per heavy atom. The minimum Gasteiger partial charge on any atom is -0.486 e. The molecule has 2 aromatic carbocycles. The van der Waals surface area contributed by atoms with Crippen LogP contribution in [0.5, 0.6) is 5.75 Å². The highest BCUT2D eigenvalue weighted by Crippen LogP contribution is 2.20. The Bertz CT molecular complexity index is 1180. The van der Waals surface area contributed by atoms with E-state index in [4.69, 9.17) is 20.8 Å². The van der Waals surface area contributed by atoms with Crippen molar-refractivity contribution in [2.24, 2.45) is 0 Å². The van der Waals surface area contributed by atoms with Gasteiger partial charge in [-0.05, 0) is 53.4 Å². The van der Waals surface area contributed by atoms with Crippen LogP contribution in [0.3, 0.4) is 0 Å². The summed E-state index contributed by atoms with van der Waals surface area (Å²) in [6, 6.07) is 18.7. The molecule has 1 N–H and O–H groups in total. The maximum Gasteiger partial charge on any atom is 0.293 e. The molecule has 1 amide bonds. The molecule has 0 saturated carbocycles. The topological polar surface area (TPSA) is 82.2 Å². The lowest BCUT2D eigenvalue weighted by Crippen LogP contribution is -2.12. The van der Waals surface area contributed by atoms with E-state index in [2.05, 4.69) is 29.2 Å². The number of nitrogens with one attached hydrogen (secondary N) is 1. The molecule has 0 aliphatic rings. The molecule has 7 nitrogen and oxygen atoms in total. The van der Waals surface area contributed by atoms with Crippen molar-refractivity contribution in [2.75, 3.05) is 5.32 Å². The number of benzene rings is 2. The van der Waals surface area contributed by atoms with E-state index in [1.807, 2.05) is 48.5 Å². The third-order valence-electron chi connectivity index (χ3n) is 4.83. The van der Waals surface area contributed by atoms with Crippen LogP contribution in [0.1, 0.15) is 47.2 Å². The Hall–Kier alpha value is -3.58. The highest BCUT2D eigenvalue weighted by molar-refractivity contribution is 6.30. The molecule has 8 heteroatoms. The van der Waals surface area contributed by atoms with E-state index in [1.165, 1.54) is 5.56 Å². The van der Waals surface area contributed by atoms with Crippen LogP contribution >= 0.6 is 11.6 Å². The Kier molecular flexibility index (Phi) is 6.56.